The Labute approximate surface area is 167 Å². The molecule has 1 saturated carbocycles. The number of carbonyl (C=O) groups is 2. The number of amides is 3. The summed E-state index contributed by atoms with van der Waals surface area (Å²) >= 11 is 0. The number of hydrogen-bond acceptors (Lipinski definition) is 6. The van der Waals surface area contributed by atoms with E-state index in [0.717, 1.165) is 38.0 Å². The number of hydrogen-bond donors (Lipinski definition) is 3. The molecule has 3 amide bonds. The summed E-state index contributed by atoms with van der Waals surface area (Å²) in [6.07, 6.45) is 3.97. The Kier molecular flexibility index (Phi) is 4.13. The first-order valence-electron chi connectivity index (χ1n) is 9.79. The number of nitrogens with zero attached hydrogens (tertiary/aromatic N) is 4. The number of pyridine rings is 2. The predicted molar refractivity (Wildman–Crippen MR) is 107 cm³/mol. The van der Waals surface area contributed by atoms with Crippen LogP contribution in [0.5, 0.6) is 0 Å². The third-order valence-electron chi connectivity index (χ3n) is 5.84. The molecule has 3 N–H and O–H groups in total. The fourth-order valence-electron chi connectivity index (χ4n) is 3.98. The summed E-state index contributed by atoms with van der Waals surface area (Å²) in [6, 6.07) is 8.52. The maximum absolute atomic E-state index is 13.1. The summed E-state index contributed by atoms with van der Waals surface area (Å²) in [6.45, 7) is 1.49. The van der Waals surface area contributed by atoms with Gasteiger partial charge in [0.2, 0.25) is 0 Å². The van der Waals surface area contributed by atoms with Crippen LogP contribution in [0, 0.1) is 0 Å². The summed E-state index contributed by atoms with van der Waals surface area (Å²) in [7, 11) is 0. The van der Waals surface area contributed by atoms with Crippen LogP contribution in [0.25, 0.3) is 0 Å². The van der Waals surface area contributed by atoms with Crippen molar-refractivity contribution in [3.05, 3.63) is 42.2 Å². The fourth-order valence-corrected chi connectivity index (χ4v) is 3.98. The van der Waals surface area contributed by atoms with E-state index in [1.807, 2.05) is 6.07 Å². The molecular weight excluding hydrogens is 372 g/mol. The molecule has 4 heterocycles. The van der Waals surface area contributed by atoms with Gasteiger partial charge in [0.1, 0.15) is 11.5 Å². The van der Waals surface area contributed by atoms with Crippen molar-refractivity contribution in [3.8, 4) is 0 Å². The van der Waals surface area contributed by atoms with Gasteiger partial charge in [-0.1, -0.05) is 6.07 Å². The van der Waals surface area contributed by atoms with Crippen molar-refractivity contribution in [1.82, 2.24) is 15.3 Å². The van der Waals surface area contributed by atoms with Crippen molar-refractivity contribution >= 4 is 29.3 Å². The molecule has 5 rings (SSSR count). The maximum Gasteiger partial charge on any atom is 0.329 e. The molecule has 3 aliphatic rings. The van der Waals surface area contributed by atoms with E-state index in [-0.39, 0.29) is 30.3 Å². The van der Waals surface area contributed by atoms with Gasteiger partial charge in [0.15, 0.2) is 5.82 Å². The lowest BCUT2D eigenvalue weighted by Crippen LogP contribution is -2.48. The number of aliphatic hydroxyl groups excluding tert-OH is 1. The molecule has 2 aromatic rings. The van der Waals surface area contributed by atoms with Gasteiger partial charge < -0.3 is 15.3 Å². The molecule has 2 bridgehead atoms. The minimum atomic E-state index is -0.521. The molecule has 0 radical (unpaired) electrons. The van der Waals surface area contributed by atoms with Crippen molar-refractivity contribution in [2.45, 2.75) is 30.8 Å². The van der Waals surface area contributed by atoms with E-state index in [1.54, 1.807) is 35.4 Å². The van der Waals surface area contributed by atoms with Crippen LogP contribution < -0.4 is 20.4 Å². The quantitative estimate of drug-likeness (QED) is 0.722. The molecule has 1 aliphatic carbocycles. The zero-order chi connectivity index (χ0) is 20.0. The highest BCUT2D eigenvalue weighted by Crippen LogP contribution is 2.39. The van der Waals surface area contributed by atoms with Crippen LogP contribution in [0.1, 0.15) is 29.8 Å². The zero-order valence-electron chi connectivity index (χ0n) is 15.8. The van der Waals surface area contributed by atoms with Crippen molar-refractivity contribution in [1.29, 1.82) is 0 Å². The van der Waals surface area contributed by atoms with Gasteiger partial charge in [0.25, 0.3) is 5.91 Å². The van der Waals surface area contributed by atoms with Crippen molar-refractivity contribution in [2.24, 2.45) is 0 Å². The van der Waals surface area contributed by atoms with Crippen molar-refractivity contribution < 1.29 is 14.7 Å². The maximum atomic E-state index is 13.1. The Morgan fingerprint density at radius 3 is 2.83 bits per heavy atom. The Bertz CT molecular complexity index is 962. The van der Waals surface area contributed by atoms with E-state index in [2.05, 4.69) is 25.5 Å². The minimum absolute atomic E-state index is 0.00996. The molecule has 2 aliphatic heterocycles. The lowest BCUT2D eigenvalue weighted by atomic mass is 10.1. The average molecular weight is 394 g/mol. The molecule has 1 unspecified atom stereocenters. The van der Waals surface area contributed by atoms with Crippen LogP contribution >= 0.6 is 0 Å². The molecule has 0 aromatic carbocycles. The summed E-state index contributed by atoms with van der Waals surface area (Å²) in [5.41, 5.74) is 0.559. The first-order chi connectivity index (χ1) is 14.1. The zero-order valence-corrected chi connectivity index (χ0v) is 15.8. The third-order valence-corrected chi connectivity index (χ3v) is 5.84. The number of nitrogens with one attached hydrogen (secondary N) is 2. The van der Waals surface area contributed by atoms with Crippen LogP contribution in [0.4, 0.5) is 22.1 Å². The smallest absolute Gasteiger partial charge is 0.329 e. The van der Waals surface area contributed by atoms with Gasteiger partial charge in [0.05, 0.1) is 23.9 Å². The third kappa shape index (κ3) is 3.17. The summed E-state index contributed by atoms with van der Waals surface area (Å²) in [4.78, 5) is 38.3. The Balaban J connectivity index is 1.45. The standard InChI is InChI=1S/C20H22N6O3/c27-12-20(7-8-20)24-18(28)14-4-5-15-17(22-14)26(13-6-10-25(15)11-13)19(29)23-16-3-1-2-9-21-16/h1-5,9,13,27H,6-8,10-12H2,(H,24,28)(H,21,23,29). The lowest BCUT2D eigenvalue weighted by Gasteiger charge is -2.35. The van der Waals surface area contributed by atoms with E-state index < -0.39 is 5.54 Å². The minimum Gasteiger partial charge on any atom is -0.394 e. The van der Waals surface area contributed by atoms with E-state index >= 15 is 0 Å². The van der Waals surface area contributed by atoms with Gasteiger partial charge in [0, 0.05) is 19.3 Å². The second-order valence-corrected chi connectivity index (χ2v) is 7.84. The number of fused-ring (bicyclic) bond motifs is 4. The number of aromatic nitrogens is 2. The lowest BCUT2D eigenvalue weighted by molar-refractivity contribution is 0.0901. The number of carbonyl (C=O) groups excluding carboxylic acids is 2. The number of urea groups is 1. The molecule has 9 heteroatoms. The molecule has 29 heavy (non-hydrogen) atoms. The summed E-state index contributed by atoms with van der Waals surface area (Å²) < 4.78 is 0. The van der Waals surface area contributed by atoms with Crippen LogP contribution in [-0.2, 0) is 0 Å². The van der Waals surface area contributed by atoms with Crippen molar-refractivity contribution in [3.63, 3.8) is 0 Å². The van der Waals surface area contributed by atoms with Crippen LogP contribution in [-0.4, -0.2) is 58.3 Å². The first kappa shape index (κ1) is 17.9. The molecule has 0 spiro atoms. The van der Waals surface area contributed by atoms with E-state index in [0.29, 0.717) is 11.6 Å². The predicted octanol–water partition coefficient (Wildman–Crippen LogP) is 1.36. The van der Waals surface area contributed by atoms with Gasteiger partial charge in [-0.3, -0.25) is 15.0 Å². The number of rotatable bonds is 4. The Morgan fingerprint density at radius 1 is 1.24 bits per heavy atom. The van der Waals surface area contributed by atoms with Crippen LogP contribution in [0.15, 0.2) is 36.5 Å². The monoisotopic (exact) mass is 394 g/mol. The van der Waals surface area contributed by atoms with Crippen molar-refractivity contribution in [2.75, 3.05) is 34.8 Å². The second-order valence-electron chi connectivity index (χ2n) is 7.84. The van der Waals surface area contributed by atoms with Crippen LogP contribution in [0.2, 0.25) is 0 Å². The molecule has 2 aromatic heterocycles. The fraction of sp³-hybridized carbons (Fsp3) is 0.400. The molecule has 150 valence electrons. The van der Waals surface area contributed by atoms with E-state index in [9.17, 15) is 14.7 Å². The van der Waals surface area contributed by atoms with Gasteiger partial charge in [-0.2, -0.15) is 0 Å². The topological polar surface area (TPSA) is 111 Å². The molecule has 2 fully saturated rings. The Morgan fingerprint density at radius 2 is 2.10 bits per heavy atom. The highest BCUT2D eigenvalue weighted by atomic mass is 16.3. The highest BCUT2D eigenvalue weighted by molar-refractivity contribution is 6.05. The van der Waals surface area contributed by atoms with E-state index in [1.165, 1.54) is 0 Å². The van der Waals surface area contributed by atoms with Gasteiger partial charge >= 0.3 is 6.03 Å². The average Bonchev–Trinajstić information content (AvgIpc) is 3.40. The SMILES string of the molecule is O=C(NC1(CO)CC1)c1ccc2c(n1)N(C(=O)Nc1ccccn1)C1CCN2C1. The van der Waals surface area contributed by atoms with Gasteiger partial charge in [-0.25, -0.2) is 14.8 Å². The molecular formula is C20H22N6O3. The Hall–Kier alpha value is -3.20. The normalized spacial score (nSPS) is 20.8. The van der Waals surface area contributed by atoms with Gasteiger partial charge in [-0.05, 0) is 43.5 Å². The second kappa shape index (κ2) is 6.70. The molecule has 9 nitrogen and oxygen atoms in total. The van der Waals surface area contributed by atoms with E-state index in [4.69, 9.17) is 0 Å². The van der Waals surface area contributed by atoms with Gasteiger partial charge in [-0.15, -0.1) is 0 Å². The highest BCUT2D eigenvalue weighted by Gasteiger charge is 2.44. The number of anilines is 3. The summed E-state index contributed by atoms with van der Waals surface area (Å²) in [5.74, 6) is 0.609. The molecule has 1 saturated heterocycles. The van der Waals surface area contributed by atoms with Crippen LogP contribution in [0.3, 0.4) is 0 Å². The summed E-state index contributed by atoms with van der Waals surface area (Å²) in [5, 5.41) is 15.2. The first-order valence-corrected chi connectivity index (χ1v) is 9.79. The largest absolute Gasteiger partial charge is 0.394 e. The molecule has 1 atom stereocenters. The number of aliphatic hydroxyl groups is 1.